The third kappa shape index (κ3) is 1.15. The second-order valence-corrected chi connectivity index (χ2v) is 3.72. The summed E-state index contributed by atoms with van der Waals surface area (Å²) in [5.41, 5.74) is 5.73. The van der Waals surface area contributed by atoms with E-state index in [1.165, 1.54) is 0 Å². The molecule has 1 aromatic carbocycles. The molecule has 2 N–H and O–H groups in total. The largest absolute Gasteiger partial charge is 0.316 e. The molecule has 1 aliphatic rings. The van der Waals surface area contributed by atoms with E-state index in [2.05, 4.69) is 0 Å². The standard InChI is InChI=1S/C10H11F2N/c1-7-2-4-8(5-3-7)9(13)6-10(9,11)12/h2-5H,6,13H2,1H3. The third-order valence-corrected chi connectivity index (χ3v) is 2.60. The van der Waals surface area contributed by atoms with Gasteiger partial charge in [-0.1, -0.05) is 29.8 Å². The molecule has 1 atom stereocenters. The second-order valence-electron chi connectivity index (χ2n) is 3.72. The van der Waals surface area contributed by atoms with Gasteiger partial charge in [0.1, 0.15) is 5.54 Å². The summed E-state index contributed by atoms with van der Waals surface area (Å²) in [6.07, 6.45) is -0.233. The van der Waals surface area contributed by atoms with E-state index in [-0.39, 0.29) is 6.42 Å². The van der Waals surface area contributed by atoms with Gasteiger partial charge in [0.25, 0.3) is 5.92 Å². The number of hydrogen-bond acceptors (Lipinski definition) is 1. The van der Waals surface area contributed by atoms with Crippen molar-refractivity contribution in [3.05, 3.63) is 35.4 Å². The van der Waals surface area contributed by atoms with Crippen molar-refractivity contribution in [2.75, 3.05) is 0 Å². The summed E-state index contributed by atoms with van der Waals surface area (Å²) >= 11 is 0. The van der Waals surface area contributed by atoms with Crippen molar-refractivity contribution in [2.24, 2.45) is 5.73 Å². The highest BCUT2D eigenvalue weighted by atomic mass is 19.3. The van der Waals surface area contributed by atoms with E-state index in [4.69, 9.17) is 5.73 Å². The topological polar surface area (TPSA) is 26.0 Å². The minimum absolute atomic E-state index is 0.233. The van der Waals surface area contributed by atoms with Crippen molar-refractivity contribution in [3.8, 4) is 0 Å². The monoisotopic (exact) mass is 183 g/mol. The number of alkyl halides is 2. The van der Waals surface area contributed by atoms with E-state index in [0.29, 0.717) is 5.56 Å². The van der Waals surface area contributed by atoms with Crippen LogP contribution >= 0.6 is 0 Å². The Morgan fingerprint density at radius 3 is 2.08 bits per heavy atom. The summed E-state index contributed by atoms with van der Waals surface area (Å²) < 4.78 is 25.7. The molecule has 1 aromatic rings. The SMILES string of the molecule is Cc1ccc(C2(N)CC2(F)F)cc1. The fourth-order valence-corrected chi connectivity index (χ4v) is 1.47. The molecule has 1 unspecified atom stereocenters. The molecular formula is C10H11F2N. The van der Waals surface area contributed by atoms with Crippen LogP contribution in [0.25, 0.3) is 0 Å². The molecule has 70 valence electrons. The Bertz CT molecular complexity index is 331. The van der Waals surface area contributed by atoms with Crippen LogP contribution in [0.15, 0.2) is 24.3 Å². The van der Waals surface area contributed by atoms with Crippen LogP contribution in [-0.2, 0) is 5.54 Å². The molecule has 0 spiro atoms. The van der Waals surface area contributed by atoms with E-state index in [0.717, 1.165) is 5.56 Å². The van der Waals surface area contributed by atoms with Crippen LogP contribution < -0.4 is 5.73 Å². The van der Waals surface area contributed by atoms with Gasteiger partial charge < -0.3 is 5.73 Å². The lowest BCUT2D eigenvalue weighted by Crippen LogP contribution is -2.26. The first-order chi connectivity index (χ1) is 5.96. The molecule has 1 nitrogen and oxygen atoms in total. The first-order valence-corrected chi connectivity index (χ1v) is 4.20. The Labute approximate surface area is 75.6 Å². The molecule has 1 fully saturated rings. The fourth-order valence-electron chi connectivity index (χ4n) is 1.47. The molecule has 0 heterocycles. The number of hydrogen-bond donors (Lipinski definition) is 1. The summed E-state index contributed by atoms with van der Waals surface area (Å²) in [6, 6.07) is 6.96. The predicted octanol–water partition coefficient (Wildman–Crippen LogP) is 2.19. The van der Waals surface area contributed by atoms with Crippen LogP contribution in [0, 0.1) is 6.92 Å². The number of nitrogens with two attached hydrogens (primary N) is 1. The smallest absolute Gasteiger partial charge is 0.272 e. The Morgan fingerprint density at radius 2 is 1.69 bits per heavy atom. The number of benzene rings is 1. The highest BCUT2D eigenvalue weighted by Crippen LogP contribution is 2.57. The first kappa shape index (κ1) is 8.63. The van der Waals surface area contributed by atoms with Crippen LogP contribution in [0.2, 0.25) is 0 Å². The van der Waals surface area contributed by atoms with Gasteiger partial charge in [0.2, 0.25) is 0 Å². The molecule has 1 saturated carbocycles. The van der Waals surface area contributed by atoms with Gasteiger partial charge in [-0.2, -0.15) is 0 Å². The van der Waals surface area contributed by atoms with E-state index >= 15 is 0 Å². The molecule has 0 radical (unpaired) electrons. The lowest BCUT2D eigenvalue weighted by atomic mass is 10.0. The van der Waals surface area contributed by atoms with Gasteiger partial charge in [-0.05, 0) is 12.5 Å². The maximum absolute atomic E-state index is 12.8. The highest BCUT2D eigenvalue weighted by Gasteiger charge is 2.69. The number of rotatable bonds is 1. The van der Waals surface area contributed by atoms with Crippen LogP contribution in [0.3, 0.4) is 0 Å². The minimum Gasteiger partial charge on any atom is -0.316 e. The van der Waals surface area contributed by atoms with E-state index < -0.39 is 11.5 Å². The summed E-state index contributed by atoms with van der Waals surface area (Å²) in [7, 11) is 0. The Balaban J connectivity index is 2.34. The number of halogens is 2. The highest BCUT2D eigenvalue weighted by molar-refractivity contribution is 5.37. The van der Waals surface area contributed by atoms with Crippen molar-refractivity contribution in [1.82, 2.24) is 0 Å². The van der Waals surface area contributed by atoms with Crippen molar-refractivity contribution < 1.29 is 8.78 Å². The van der Waals surface area contributed by atoms with E-state index in [1.54, 1.807) is 24.3 Å². The Morgan fingerprint density at radius 1 is 1.23 bits per heavy atom. The zero-order valence-electron chi connectivity index (χ0n) is 7.35. The lowest BCUT2D eigenvalue weighted by molar-refractivity contribution is 0.0891. The quantitative estimate of drug-likeness (QED) is 0.709. The predicted molar refractivity (Wildman–Crippen MR) is 46.6 cm³/mol. The molecule has 0 bridgehead atoms. The first-order valence-electron chi connectivity index (χ1n) is 4.20. The molecule has 0 aromatic heterocycles. The van der Waals surface area contributed by atoms with Gasteiger partial charge in [-0.3, -0.25) is 0 Å². The molecule has 13 heavy (non-hydrogen) atoms. The average molecular weight is 183 g/mol. The molecule has 2 rings (SSSR count). The van der Waals surface area contributed by atoms with Crippen molar-refractivity contribution in [1.29, 1.82) is 0 Å². The van der Waals surface area contributed by atoms with Crippen LogP contribution in [0.4, 0.5) is 8.78 Å². The molecule has 0 saturated heterocycles. The van der Waals surface area contributed by atoms with E-state index in [9.17, 15) is 8.78 Å². The van der Waals surface area contributed by atoms with Crippen LogP contribution in [0.1, 0.15) is 17.5 Å². The van der Waals surface area contributed by atoms with Gasteiger partial charge in [0.15, 0.2) is 0 Å². The maximum Gasteiger partial charge on any atom is 0.272 e. The Kier molecular flexibility index (Phi) is 1.52. The minimum atomic E-state index is -2.72. The average Bonchev–Trinajstić information content (AvgIpc) is 2.53. The molecule has 0 aliphatic heterocycles. The second kappa shape index (κ2) is 2.29. The van der Waals surface area contributed by atoms with Crippen LogP contribution in [0.5, 0.6) is 0 Å². The molecule has 3 heteroatoms. The van der Waals surface area contributed by atoms with Gasteiger partial charge in [-0.15, -0.1) is 0 Å². The maximum atomic E-state index is 12.8. The molecule has 1 aliphatic carbocycles. The third-order valence-electron chi connectivity index (χ3n) is 2.60. The van der Waals surface area contributed by atoms with Crippen molar-refractivity contribution in [3.63, 3.8) is 0 Å². The molecular weight excluding hydrogens is 172 g/mol. The zero-order valence-corrected chi connectivity index (χ0v) is 7.35. The van der Waals surface area contributed by atoms with Gasteiger partial charge >= 0.3 is 0 Å². The number of aryl methyl sites for hydroxylation is 1. The summed E-state index contributed by atoms with van der Waals surface area (Å²) in [4.78, 5) is 0. The molecule has 0 amide bonds. The van der Waals surface area contributed by atoms with Gasteiger partial charge in [0, 0.05) is 6.42 Å². The summed E-state index contributed by atoms with van der Waals surface area (Å²) in [5.74, 6) is -2.72. The normalized spacial score (nSPS) is 30.2. The fraction of sp³-hybridized carbons (Fsp3) is 0.400. The zero-order chi connectivity index (χ0) is 9.69. The Hall–Kier alpha value is -0.960. The summed E-state index contributed by atoms with van der Waals surface area (Å²) in [6.45, 7) is 1.91. The van der Waals surface area contributed by atoms with Gasteiger partial charge in [-0.25, -0.2) is 8.78 Å². The lowest BCUT2D eigenvalue weighted by Gasteiger charge is -2.10. The van der Waals surface area contributed by atoms with Crippen molar-refractivity contribution in [2.45, 2.75) is 24.8 Å². The van der Waals surface area contributed by atoms with E-state index in [1.807, 2.05) is 6.92 Å². The van der Waals surface area contributed by atoms with Crippen LogP contribution in [-0.4, -0.2) is 5.92 Å². The van der Waals surface area contributed by atoms with Crippen molar-refractivity contribution >= 4 is 0 Å². The summed E-state index contributed by atoms with van der Waals surface area (Å²) in [5, 5.41) is 0. The van der Waals surface area contributed by atoms with Gasteiger partial charge in [0.05, 0.1) is 0 Å².